The fourth-order valence-electron chi connectivity index (χ4n) is 2.94. The van der Waals surface area contributed by atoms with E-state index in [1.165, 1.54) is 32.1 Å². The van der Waals surface area contributed by atoms with Gasteiger partial charge in [-0.25, -0.2) is 0 Å². The summed E-state index contributed by atoms with van der Waals surface area (Å²) >= 11 is 0. The molecule has 0 heterocycles. The number of hydrogen-bond donors (Lipinski definition) is 1. The second-order valence-electron chi connectivity index (χ2n) is 5.53. The van der Waals surface area contributed by atoms with Gasteiger partial charge in [0.2, 0.25) is 0 Å². The Balaban J connectivity index is 2.29. The molecule has 1 aliphatic rings. The molecule has 16 heavy (non-hydrogen) atoms. The highest BCUT2D eigenvalue weighted by atomic mass is 16.5. The largest absolute Gasteiger partial charge is 0.385 e. The van der Waals surface area contributed by atoms with E-state index in [9.17, 15) is 0 Å². The summed E-state index contributed by atoms with van der Waals surface area (Å²) in [6.45, 7) is 5.43. The van der Waals surface area contributed by atoms with E-state index in [1.807, 2.05) is 0 Å². The lowest BCUT2D eigenvalue weighted by Gasteiger charge is -2.34. The minimum atomic E-state index is 0.382. The number of ether oxygens (including phenoxy) is 1. The lowest BCUT2D eigenvalue weighted by Crippen LogP contribution is -2.38. The van der Waals surface area contributed by atoms with Crippen molar-refractivity contribution in [3.63, 3.8) is 0 Å². The standard InChI is InChI=1S/C14H29NO/c1-4-12-5-7-13(8-6-12)14(15)11(2)9-10-16-3/h11-14H,4-10,15H2,1-3H3. The molecule has 1 aliphatic carbocycles. The number of methoxy groups -OCH3 is 1. The Hall–Kier alpha value is -0.0800. The molecule has 0 amide bonds. The van der Waals surface area contributed by atoms with Gasteiger partial charge < -0.3 is 10.5 Å². The highest BCUT2D eigenvalue weighted by Crippen LogP contribution is 2.34. The van der Waals surface area contributed by atoms with Crippen molar-refractivity contribution in [2.75, 3.05) is 13.7 Å². The van der Waals surface area contributed by atoms with Gasteiger partial charge in [-0.3, -0.25) is 0 Å². The molecule has 96 valence electrons. The Morgan fingerprint density at radius 3 is 2.38 bits per heavy atom. The van der Waals surface area contributed by atoms with E-state index < -0.39 is 0 Å². The van der Waals surface area contributed by atoms with Crippen LogP contribution in [0, 0.1) is 17.8 Å². The zero-order valence-electron chi connectivity index (χ0n) is 11.2. The van der Waals surface area contributed by atoms with Gasteiger partial charge >= 0.3 is 0 Å². The topological polar surface area (TPSA) is 35.2 Å². The summed E-state index contributed by atoms with van der Waals surface area (Å²) in [6.07, 6.45) is 7.93. The van der Waals surface area contributed by atoms with E-state index in [0.717, 1.165) is 24.9 Å². The molecule has 0 spiro atoms. The van der Waals surface area contributed by atoms with E-state index in [4.69, 9.17) is 10.5 Å². The maximum absolute atomic E-state index is 6.36. The molecule has 1 saturated carbocycles. The number of nitrogens with two attached hydrogens (primary N) is 1. The molecular formula is C14H29NO. The Bertz CT molecular complexity index is 176. The van der Waals surface area contributed by atoms with Crippen LogP contribution in [-0.2, 0) is 4.74 Å². The van der Waals surface area contributed by atoms with Crippen LogP contribution in [0.5, 0.6) is 0 Å². The molecule has 1 fully saturated rings. The molecule has 2 unspecified atom stereocenters. The van der Waals surface area contributed by atoms with E-state index in [2.05, 4.69) is 13.8 Å². The second kappa shape index (κ2) is 7.29. The third-order valence-electron chi connectivity index (χ3n) is 4.45. The molecule has 2 nitrogen and oxygen atoms in total. The molecule has 0 bridgehead atoms. The normalized spacial score (nSPS) is 30.0. The predicted molar refractivity (Wildman–Crippen MR) is 69.4 cm³/mol. The maximum atomic E-state index is 6.36. The molecule has 2 N–H and O–H groups in total. The van der Waals surface area contributed by atoms with Crippen molar-refractivity contribution in [2.24, 2.45) is 23.5 Å². The van der Waals surface area contributed by atoms with Crippen LogP contribution < -0.4 is 5.73 Å². The zero-order valence-corrected chi connectivity index (χ0v) is 11.2. The zero-order chi connectivity index (χ0) is 12.0. The summed E-state index contributed by atoms with van der Waals surface area (Å²) < 4.78 is 5.13. The molecule has 0 aliphatic heterocycles. The van der Waals surface area contributed by atoms with Crippen molar-refractivity contribution in [3.05, 3.63) is 0 Å². The first-order valence-corrected chi connectivity index (χ1v) is 6.93. The van der Waals surface area contributed by atoms with E-state index in [0.29, 0.717) is 12.0 Å². The first-order valence-electron chi connectivity index (χ1n) is 6.93. The summed E-state index contributed by atoms with van der Waals surface area (Å²) in [7, 11) is 1.77. The van der Waals surface area contributed by atoms with Crippen LogP contribution in [0.25, 0.3) is 0 Å². The van der Waals surface area contributed by atoms with E-state index in [1.54, 1.807) is 7.11 Å². The molecule has 0 aromatic carbocycles. The van der Waals surface area contributed by atoms with Crippen LogP contribution in [-0.4, -0.2) is 19.8 Å². The third-order valence-corrected chi connectivity index (χ3v) is 4.45. The van der Waals surface area contributed by atoms with Gasteiger partial charge in [0.25, 0.3) is 0 Å². The van der Waals surface area contributed by atoms with Gasteiger partial charge in [-0.15, -0.1) is 0 Å². The van der Waals surface area contributed by atoms with E-state index in [-0.39, 0.29) is 0 Å². The lowest BCUT2D eigenvalue weighted by atomic mass is 9.74. The molecule has 0 aromatic rings. The molecule has 0 saturated heterocycles. The van der Waals surface area contributed by atoms with Gasteiger partial charge in [0.05, 0.1) is 0 Å². The quantitative estimate of drug-likeness (QED) is 0.756. The van der Waals surface area contributed by atoms with Crippen molar-refractivity contribution >= 4 is 0 Å². The summed E-state index contributed by atoms with van der Waals surface area (Å²) in [4.78, 5) is 0. The molecule has 2 atom stereocenters. The van der Waals surface area contributed by atoms with Crippen LogP contribution in [0.3, 0.4) is 0 Å². The highest BCUT2D eigenvalue weighted by molar-refractivity contribution is 4.82. The summed E-state index contributed by atoms with van der Waals surface area (Å²) in [5, 5.41) is 0. The van der Waals surface area contributed by atoms with Crippen molar-refractivity contribution in [3.8, 4) is 0 Å². The van der Waals surface area contributed by atoms with Crippen LogP contribution in [0.15, 0.2) is 0 Å². The van der Waals surface area contributed by atoms with Crippen molar-refractivity contribution in [1.29, 1.82) is 0 Å². The van der Waals surface area contributed by atoms with E-state index >= 15 is 0 Å². The van der Waals surface area contributed by atoms with Gasteiger partial charge in [0.1, 0.15) is 0 Å². The van der Waals surface area contributed by atoms with Gasteiger partial charge in [0, 0.05) is 19.8 Å². The van der Waals surface area contributed by atoms with Crippen LogP contribution >= 0.6 is 0 Å². The molecule has 2 heteroatoms. The Morgan fingerprint density at radius 2 is 1.88 bits per heavy atom. The third kappa shape index (κ3) is 4.06. The van der Waals surface area contributed by atoms with Gasteiger partial charge in [0.15, 0.2) is 0 Å². The molecule has 0 radical (unpaired) electrons. The second-order valence-corrected chi connectivity index (χ2v) is 5.53. The minimum Gasteiger partial charge on any atom is -0.385 e. The average Bonchev–Trinajstić information content (AvgIpc) is 2.35. The fourth-order valence-corrected chi connectivity index (χ4v) is 2.94. The molecular weight excluding hydrogens is 198 g/mol. The Morgan fingerprint density at radius 1 is 1.25 bits per heavy atom. The first-order chi connectivity index (χ1) is 7.69. The summed E-state index contributed by atoms with van der Waals surface area (Å²) in [5.41, 5.74) is 6.36. The van der Waals surface area contributed by atoms with Crippen molar-refractivity contribution < 1.29 is 4.74 Å². The van der Waals surface area contributed by atoms with Gasteiger partial charge in [-0.2, -0.15) is 0 Å². The highest BCUT2D eigenvalue weighted by Gasteiger charge is 2.27. The minimum absolute atomic E-state index is 0.382. The average molecular weight is 227 g/mol. The SMILES string of the molecule is CCC1CCC(C(N)C(C)CCOC)CC1. The van der Waals surface area contributed by atoms with Crippen LogP contribution in [0.1, 0.15) is 52.4 Å². The van der Waals surface area contributed by atoms with Crippen LogP contribution in [0.2, 0.25) is 0 Å². The number of rotatable bonds is 6. The lowest BCUT2D eigenvalue weighted by molar-refractivity contribution is 0.152. The van der Waals surface area contributed by atoms with Crippen molar-refractivity contribution in [2.45, 2.75) is 58.4 Å². The van der Waals surface area contributed by atoms with Gasteiger partial charge in [-0.05, 0) is 37.0 Å². The number of hydrogen-bond acceptors (Lipinski definition) is 2. The van der Waals surface area contributed by atoms with Gasteiger partial charge in [-0.1, -0.05) is 33.1 Å². The first kappa shape index (κ1) is 14.0. The van der Waals surface area contributed by atoms with Crippen molar-refractivity contribution in [1.82, 2.24) is 0 Å². The predicted octanol–water partition coefficient (Wildman–Crippen LogP) is 3.20. The fraction of sp³-hybridized carbons (Fsp3) is 1.00. The monoisotopic (exact) mass is 227 g/mol. The Kier molecular flexibility index (Phi) is 6.37. The molecule has 0 aromatic heterocycles. The Labute approximate surface area is 101 Å². The smallest absolute Gasteiger partial charge is 0.0465 e. The molecule has 1 rings (SSSR count). The summed E-state index contributed by atoms with van der Waals surface area (Å²) in [6, 6.07) is 0.382. The maximum Gasteiger partial charge on any atom is 0.0465 e. The van der Waals surface area contributed by atoms with Crippen LogP contribution in [0.4, 0.5) is 0 Å². The summed E-state index contributed by atoms with van der Waals surface area (Å²) in [5.74, 6) is 2.33.